The molecule has 0 bridgehead atoms. The summed E-state index contributed by atoms with van der Waals surface area (Å²) in [7, 11) is 1.98. The highest BCUT2D eigenvalue weighted by Crippen LogP contribution is 2.23. The second-order valence-corrected chi connectivity index (χ2v) is 5.40. The summed E-state index contributed by atoms with van der Waals surface area (Å²) < 4.78 is 5.67. The quantitative estimate of drug-likeness (QED) is 0.775. The van der Waals surface area contributed by atoms with Crippen LogP contribution in [-0.2, 0) is 9.53 Å². The SMILES string of the molecule is CCC(C)(CN(C)CC1CCCCO1)C(=O)O. The van der Waals surface area contributed by atoms with Gasteiger partial charge in [-0.15, -0.1) is 0 Å². The van der Waals surface area contributed by atoms with Crippen molar-refractivity contribution in [3.63, 3.8) is 0 Å². The number of hydrogen-bond acceptors (Lipinski definition) is 3. The van der Waals surface area contributed by atoms with Crippen LogP contribution in [0.3, 0.4) is 0 Å². The molecule has 1 aliphatic heterocycles. The van der Waals surface area contributed by atoms with Gasteiger partial charge in [0.2, 0.25) is 0 Å². The second-order valence-electron chi connectivity index (χ2n) is 5.40. The summed E-state index contributed by atoms with van der Waals surface area (Å²) in [5.74, 6) is -0.712. The van der Waals surface area contributed by atoms with Crippen LogP contribution in [0.5, 0.6) is 0 Å². The molecule has 1 heterocycles. The predicted molar refractivity (Wildman–Crippen MR) is 67.1 cm³/mol. The summed E-state index contributed by atoms with van der Waals surface area (Å²) in [6, 6.07) is 0. The highest BCUT2D eigenvalue weighted by atomic mass is 16.5. The maximum Gasteiger partial charge on any atom is 0.310 e. The lowest BCUT2D eigenvalue weighted by Gasteiger charge is -2.32. The molecule has 0 aliphatic carbocycles. The summed E-state index contributed by atoms with van der Waals surface area (Å²) in [5, 5.41) is 9.23. The Labute approximate surface area is 104 Å². The molecule has 4 nitrogen and oxygen atoms in total. The van der Waals surface area contributed by atoms with E-state index >= 15 is 0 Å². The van der Waals surface area contributed by atoms with Gasteiger partial charge in [-0.2, -0.15) is 0 Å². The van der Waals surface area contributed by atoms with Crippen LogP contribution in [0, 0.1) is 5.41 Å². The van der Waals surface area contributed by atoms with Crippen LogP contribution in [0.15, 0.2) is 0 Å². The van der Waals surface area contributed by atoms with Crippen molar-refractivity contribution in [2.24, 2.45) is 5.41 Å². The fourth-order valence-corrected chi connectivity index (χ4v) is 2.29. The lowest BCUT2D eigenvalue weighted by Crippen LogP contribution is -2.42. The van der Waals surface area contributed by atoms with E-state index in [1.54, 1.807) is 0 Å². The smallest absolute Gasteiger partial charge is 0.310 e. The van der Waals surface area contributed by atoms with E-state index in [0.717, 1.165) is 26.0 Å². The normalized spacial score (nSPS) is 24.6. The zero-order valence-electron chi connectivity index (χ0n) is 11.2. The van der Waals surface area contributed by atoms with Gasteiger partial charge >= 0.3 is 5.97 Å². The molecule has 0 aromatic carbocycles. The Morgan fingerprint density at radius 1 is 1.53 bits per heavy atom. The third kappa shape index (κ3) is 4.28. The molecule has 1 saturated heterocycles. The number of nitrogens with zero attached hydrogens (tertiary/aromatic N) is 1. The van der Waals surface area contributed by atoms with E-state index in [1.807, 2.05) is 20.9 Å². The molecule has 0 amide bonds. The molecule has 0 saturated carbocycles. The van der Waals surface area contributed by atoms with E-state index in [0.29, 0.717) is 13.0 Å². The molecule has 4 heteroatoms. The molecule has 0 aromatic rings. The first-order valence-corrected chi connectivity index (χ1v) is 6.51. The number of aliphatic carboxylic acids is 1. The van der Waals surface area contributed by atoms with Gasteiger partial charge in [-0.3, -0.25) is 4.79 Å². The van der Waals surface area contributed by atoms with Crippen molar-refractivity contribution in [3.05, 3.63) is 0 Å². The highest BCUT2D eigenvalue weighted by molar-refractivity contribution is 5.74. The summed E-state index contributed by atoms with van der Waals surface area (Å²) in [6.07, 6.45) is 4.41. The predicted octanol–water partition coefficient (Wildman–Crippen LogP) is 1.99. The summed E-state index contributed by atoms with van der Waals surface area (Å²) in [5.41, 5.74) is -0.649. The monoisotopic (exact) mass is 243 g/mol. The minimum absolute atomic E-state index is 0.281. The van der Waals surface area contributed by atoms with E-state index in [4.69, 9.17) is 4.74 Å². The van der Waals surface area contributed by atoms with Crippen LogP contribution in [0.4, 0.5) is 0 Å². The maximum absolute atomic E-state index is 11.2. The highest BCUT2D eigenvalue weighted by Gasteiger charge is 2.32. The largest absolute Gasteiger partial charge is 0.481 e. The van der Waals surface area contributed by atoms with Crippen molar-refractivity contribution < 1.29 is 14.6 Å². The zero-order valence-corrected chi connectivity index (χ0v) is 11.2. The lowest BCUT2D eigenvalue weighted by molar-refractivity contribution is -0.149. The van der Waals surface area contributed by atoms with Crippen LogP contribution in [0.1, 0.15) is 39.5 Å². The van der Waals surface area contributed by atoms with Gasteiger partial charge in [-0.25, -0.2) is 0 Å². The molecule has 2 unspecified atom stereocenters. The number of likely N-dealkylation sites (N-methyl/N-ethyl adjacent to an activating group) is 1. The van der Waals surface area contributed by atoms with E-state index in [2.05, 4.69) is 4.90 Å². The molecule has 0 radical (unpaired) electrons. The van der Waals surface area contributed by atoms with Crippen molar-refractivity contribution in [1.29, 1.82) is 0 Å². The minimum atomic E-state index is -0.712. The van der Waals surface area contributed by atoms with Crippen LogP contribution in [0.25, 0.3) is 0 Å². The number of carbonyl (C=O) groups is 1. The molecule has 17 heavy (non-hydrogen) atoms. The Hall–Kier alpha value is -0.610. The standard InChI is InChI=1S/C13H25NO3/c1-4-13(2,12(15)16)10-14(3)9-11-7-5-6-8-17-11/h11H,4-10H2,1-3H3,(H,15,16). The lowest BCUT2D eigenvalue weighted by atomic mass is 9.87. The van der Waals surface area contributed by atoms with Crippen LogP contribution < -0.4 is 0 Å². The number of carboxylic acids is 1. The van der Waals surface area contributed by atoms with Crippen molar-refractivity contribution in [3.8, 4) is 0 Å². The average molecular weight is 243 g/mol. The first-order chi connectivity index (χ1) is 7.98. The Morgan fingerprint density at radius 3 is 2.71 bits per heavy atom. The molecular formula is C13H25NO3. The van der Waals surface area contributed by atoms with Gasteiger partial charge in [0.25, 0.3) is 0 Å². The van der Waals surface area contributed by atoms with Gasteiger partial charge in [-0.1, -0.05) is 6.92 Å². The average Bonchev–Trinajstić information content (AvgIpc) is 2.29. The first-order valence-electron chi connectivity index (χ1n) is 6.51. The summed E-state index contributed by atoms with van der Waals surface area (Å²) in [4.78, 5) is 13.3. The second kappa shape index (κ2) is 6.36. The molecule has 1 fully saturated rings. The third-order valence-electron chi connectivity index (χ3n) is 3.70. The molecule has 1 aliphatic rings. The third-order valence-corrected chi connectivity index (χ3v) is 3.70. The van der Waals surface area contributed by atoms with Crippen LogP contribution >= 0.6 is 0 Å². The van der Waals surface area contributed by atoms with Gasteiger partial charge in [0, 0.05) is 19.7 Å². The number of rotatable bonds is 6. The molecule has 1 rings (SSSR count). The zero-order chi connectivity index (χ0) is 12.9. The Morgan fingerprint density at radius 2 is 2.24 bits per heavy atom. The van der Waals surface area contributed by atoms with Crippen LogP contribution in [0.2, 0.25) is 0 Å². The van der Waals surface area contributed by atoms with Gasteiger partial charge in [0.15, 0.2) is 0 Å². The van der Waals surface area contributed by atoms with Gasteiger partial charge < -0.3 is 14.7 Å². The number of ether oxygens (including phenoxy) is 1. The molecule has 2 atom stereocenters. The molecule has 0 spiro atoms. The fraction of sp³-hybridized carbons (Fsp3) is 0.923. The van der Waals surface area contributed by atoms with Crippen molar-refractivity contribution in [1.82, 2.24) is 4.90 Å². The summed E-state index contributed by atoms with van der Waals surface area (Å²) >= 11 is 0. The van der Waals surface area contributed by atoms with Gasteiger partial charge in [0.1, 0.15) is 0 Å². The topological polar surface area (TPSA) is 49.8 Å². The first kappa shape index (κ1) is 14.5. The minimum Gasteiger partial charge on any atom is -0.481 e. The fourth-order valence-electron chi connectivity index (χ4n) is 2.29. The van der Waals surface area contributed by atoms with Crippen LogP contribution in [-0.4, -0.2) is 48.8 Å². The molecule has 0 aromatic heterocycles. The number of hydrogen-bond donors (Lipinski definition) is 1. The Kier molecular flexibility index (Phi) is 5.40. The van der Waals surface area contributed by atoms with E-state index in [-0.39, 0.29) is 6.10 Å². The Bertz CT molecular complexity index is 251. The summed E-state index contributed by atoms with van der Waals surface area (Å²) in [6.45, 7) is 6.01. The van der Waals surface area contributed by atoms with Gasteiger partial charge in [-0.05, 0) is 39.7 Å². The van der Waals surface area contributed by atoms with Crippen molar-refractivity contribution in [2.45, 2.75) is 45.6 Å². The van der Waals surface area contributed by atoms with Crippen molar-refractivity contribution >= 4 is 5.97 Å². The number of carboxylic acid groups (broad SMARTS) is 1. The van der Waals surface area contributed by atoms with E-state index in [9.17, 15) is 9.90 Å². The maximum atomic E-state index is 11.2. The molecule has 100 valence electrons. The van der Waals surface area contributed by atoms with E-state index < -0.39 is 11.4 Å². The molecular weight excluding hydrogens is 218 g/mol. The van der Waals surface area contributed by atoms with Crippen molar-refractivity contribution in [2.75, 3.05) is 26.7 Å². The molecule has 1 N–H and O–H groups in total. The Balaban J connectivity index is 2.41. The van der Waals surface area contributed by atoms with Gasteiger partial charge in [0.05, 0.1) is 11.5 Å². The van der Waals surface area contributed by atoms with E-state index in [1.165, 1.54) is 6.42 Å².